The Morgan fingerprint density at radius 2 is 1.88 bits per heavy atom. The molecular weight excluding hydrogens is 340 g/mol. The van der Waals surface area contributed by atoms with Crippen LogP contribution in [0.5, 0.6) is 0 Å². The highest BCUT2D eigenvalue weighted by molar-refractivity contribution is 5.96. The Morgan fingerprint density at radius 1 is 1.19 bits per heavy atom. The zero-order valence-electron chi connectivity index (χ0n) is 14.7. The van der Waals surface area contributed by atoms with Gasteiger partial charge in [-0.3, -0.25) is 19.3 Å². The number of amides is 3. The molecule has 0 bridgehead atoms. The van der Waals surface area contributed by atoms with E-state index in [1.807, 2.05) is 0 Å². The Kier molecular flexibility index (Phi) is 5.06. The van der Waals surface area contributed by atoms with Crippen LogP contribution in [0.1, 0.15) is 23.2 Å². The molecule has 0 atom stereocenters. The van der Waals surface area contributed by atoms with Crippen molar-refractivity contribution in [1.82, 2.24) is 15.0 Å². The Labute approximate surface area is 150 Å². The molecule has 2 aromatic rings. The van der Waals surface area contributed by atoms with Gasteiger partial charge in [-0.2, -0.15) is 0 Å². The van der Waals surface area contributed by atoms with E-state index in [1.54, 1.807) is 34.9 Å². The van der Waals surface area contributed by atoms with E-state index < -0.39 is 0 Å². The van der Waals surface area contributed by atoms with Gasteiger partial charge in [-0.15, -0.1) is 0 Å². The molecule has 1 aliphatic heterocycles. The first-order valence-electron chi connectivity index (χ1n) is 8.27. The minimum absolute atomic E-state index is 0.118. The van der Waals surface area contributed by atoms with Gasteiger partial charge in [0, 0.05) is 39.2 Å². The molecule has 0 aromatic carbocycles. The van der Waals surface area contributed by atoms with Crippen molar-refractivity contribution >= 4 is 23.5 Å². The Morgan fingerprint density at radius 3 is 2.42 bits per heavy atom. The van der Waals surface area contributed by atoms with Crippen LogP contribution in [0.4, 0.5) is 5.82 Å². The summed E-state index contributed by atoms with van der Waals surface area (Å²) in [6.07, 6.45) is 1.45. The first kappa shape index (κ1) is 17.7. The predicted molar refractivity (Wildman–Crippen MR) is 90.5 cm³/mol. The average Bonchev–Trinajstić information content (AvgIpc) is 3.30. The molecule has 3 rings (SSSR count). The molecule has 0 saturated carbocycles. The van der Waals surface area contributed by atoms with Crippen molar-refractivity contribution in [3.05, 3.63) is 36.0 Å². The molecule has 0 spiro atoms. The van der Waals surface area contributed by atoms with E-state index in [4.69, 9.17) is 8.94 Å². The molecule has 1 fully saturated rings. The van der Waals surface area contributed by atoms with Crippen LogP contribution < -0.4 is 4.90 Å². The molecule has 0 N–H and O–H groups in total. The van der Waals surface area contributed by atoms with Crippen LogP contribution in [-0.2, 0) is 9.59 Å². The minimum atomic E-state index is -0.293. The molecule has 138 valence electrons. The summed E-state index contributed by atoms with van der Waals surface area (Å²) in [6, 6.07) is 4.88. The van der Waals surface area contributed by atoms with Crippen LogP contribution in [0.3, 0.4) is 0 Å². The fourth-order valence-electron chi connectivity index (χ4n) is 2.78. The van der Waals surface area contributed by atoms with Crippen LogP contribution in [0, 0.1) is 6.92 Å². The van der Waals surface area contributed by atoms with Gasteiger partial charge in [-0.05, 0) is 19.1 Å². The second-order valence-corrected chi connectivity index (χ2v) is 6.05. The van der Waals surface area contributed by atoms with Crippen LogP contribution in [-0.4, -0.2) is 65.4 Å². The molecule has 9 nitrogen and oxygen atoms in total. The molecule has 0 radical (unpaired) electrons. The number of nitrogens with zero attached hydrogens (tertiary/aromatic N) is 4. The molecular formula is C17H20N4O5. The van der Waals surface area contributed by atoms with Crippen molar-refractivity contribution in [2.75, 3.05) is 37.6 Å². The van der Waals surface area contributed by atoms with Crippen LogP contribution in [0.15, 0.2) is 33.4 Å². The zero-order chi connectivity index (χ0) is 18.7. The van der Waals surface area contributed by atoms with E-state index in [2.05, 4.69) is 5.16 Å². The van der Waals surface area contributed by atoms with Gasteiger partial charge < -0.3 is 18.7 Å². The van der Waals surface area contributed by atoms with Gasteiger partial charge in [0.2, 0.25) is 11.8 Å². The van der Waals surface area contributed by atoms with Gasteiger partial charge in [0.15, 0.2) is 11.6 Å². The topological polar surface area (TPSA) is 100 Å². The second kappa shape index (κ2) is 7.42. The van der Waals surface area contributed by atoms with Crippen molar-refractivity contribution < 1.29 is 23.3 Å². The number of carbonyl (C=O) groups is 3. The van der Waals surface area contributed by atoms with Gasteiger partial charge in [0.25, 0.3) is 5.91 Å². The van der Waals surface area contributed by atoms with Crippen molar-refractivity contribution in [3.63, 3.8) is 0 Å². The van der Waals surface area contributed by atoms with Gasteiger partial charge in [-0.25, -0.2) is 0 Å². The lowest BCUT2D eigenvalue weighted by Gasteiger charge is -2.35. The summed E-state index contributed by atoms with van der Waals surface area (Å²) in [6.45, 7) is 4.59. The summed E-state index contributed by atoms with van der Waals surface area (Å²) in [5.74, 6) is 0.474. The quantitative estimate of drug-likeness (QED) is 0.804. The first-order valence-corrected chi connectivity index (χ1v) is 8.27. The van der Waals surface area contributed by atoms with E-state index in [1.165, 1.54) is 18.1 Å². The molecule has 0 aliphatic carbocycles. The van der Waals surface area contributed by atoms with E-state index >= 15 is 0 Å². The molecule has 1 aliphatic rings. The summed E-state index contributed by atoms with van der Waals surface area (Å²) in [5.41, 5.74) is 0. The molecule has 3 amide bonds. The van der Waals surface area contributed by atoms with Crippen LogP contribution >= 0.6 is 0 Å². The van der Waals surface area contributed by atoms with Crippen molar-refractivity contribution in [2.45, 2.75) is 13.8 Å². The number of piperazine rings is 1. The molecule has 0 unspecified atom stereocenters. The van der Waals surface area contributed by atoms with Gasteiger partial charge >= 0.3 is 0 Å². The highest BCUT2D eigenvalue weighted by atomic mass is 16.5. The lowest BCUT2D eigenvalue weighted by molar-refractivity contribution is -0.132. The summed E-state index contributed by atoms with van der Waals surface area (Å²) >= 11 is 0. The normalized spacial score (nSPS) is 14.4. The number of furan rings is 1. The highest BCUT2D eigenvalue weighted by Crippen LogP contribution is 2.15. The van der Waals surface area contributed by atoms with E-state index in [0.717, 1.165) is 0 Å². The molecule has 2 aromatic heterocycles. The van der Waals surface area contributed by atoms with E-state index in [0.29, 0.717) is 37.8 Å². The number of anilines is 1. The van der Waals surface area contributed by atoms with Gasteiger partial charge in [0.1, 0.15) is 12.3 Å². The van der Waals surface area contributed by atoms with Crippen molar-refractivity contribution in [2.24, 2.45) is 0 Å². The number of aromatic nitrogens is 1. The monoisotopic (exact) mass is 360 g/mol. The lowest BCUT2D eigenvalue weighted by Crippen LogP contribution is -2.53. The molecule has 3 heterocycles. The lowest BCUT2D eigenvalue weighted by atomic mass is 10.2. The van der Waals surface area contributed by atoms with Gasteiger partial charge in [-0.1, -0.05) is 5.16 Å². The highest BCUT2D eigenvalue weighted by Gasteiger charge is 2.28. The largest absolute Gasteiger partial charge is 0.459 e. The van der Waals surface area contributed by atoms with E-state index in [-0.39, 0.29) is 30.0 Å². The SMILES string of the molecule is CC(=O)N(CC(=O)N1CCN(C(=O)c2ccco2)CC1)c1cc(C)on1. The number of hydrogen-bond donors (Lipinski definition) is 0. The maximum Gasteiger partial charge on any atom is 0.289 e. The number of aryl methyl sites for hydroxylation is 1. The zero-order valence-corrected chi connectivity index (χ0v) is 14.7. The third-order valence-corrected chi connectivity index (χ3v) is 4.22. The Bertz CT molecular complexity index is 790. The molecule has 1 saturated heterocycles. The first-order chi connectivity index (χ1) is 12.5. The fraction of sp³-hybridized carbons (Fsp3) is 0.412. The second-order valence-electron chi connectivity index (χ2n) is 6.05. The summed E-state index contributed by atoms with van der Waals surface area (Å²) in [7, 11) is 0. The number of hydrogen-bond acceptors (Lipinski definition) is 6. The van der Waals surface area contributed by atoms with E-state index in [9.17, 15) is 14.4 Å². The maximum atomic E-state index is 12.5. The maximum absolute atomic E-state index is 12.5. The predicted octanol–water partition coefficient (Wildman–Crippen LogP) is 0.914. The average molecular weight is 360 g/mol. The third kappa shape index (κ3) is 3.76. The summed E-state index contributed by atoms with van der Waals surface area (Å²) in [5, 5.41) is 3.80. The number of carbonyl (C=O) groups excluding carboxylic acids is 3. The van der Waals surface area contributed by atoms with Crippen LogP contribution in [0.25, 0.3) is 0 Å². The van der Waals surface area contributed by atoms with Crippen molar-refractivity contribution in [1.29, 1.82) is 0 Å². The Balaban J connectivity index is 1.57. The molecule has 9 heteroatoms. The fourth-order valence-corrected chi connectivity index (χ4v) is 2.78. The summed E-state index contributed by atoms with van der Waals surface area (Å²) in [4.78, 5) is 41.2. The number of rotatable bonds is 4. The van der Waals surface area contributed by atoms with Gasteiger partial charge in [0.05, 0.1) is 6.26 Å². The summed E-state index contributed by atoms with van der Waals surface area (Å²) < 4.78 is 10.1. The standard InChI is InChI=1S/C17H20N4O5/c1-12-10-15(18-26-12)21(13(2)22)11-16(23)19-5-7-20(8-6-19)17(24)14-4-3-9-25-14/h3-4,9-10H,5-8,11H2,1-2H3. The molecule has 26 heavy (non-hydrogen) atoms. The minimum Gasteiger partial charge on any atom is -0.459 e. The van der Waals surface area contributed by atoms with Crippen molar-refractivity contribution in [3.8, 4) is 0 Å². The third-order valence-electron chi connectivity index (χ3n) is 4.22. The van der Waals surface area contributed by atoms with Crippen LogP contribution in [0.2, 0.25) is 0 Å². The Hall–Kier alpha value is -3.10. The smallest absolute Gasteiger partial charge is 0.289 e.